The average molecular weight is 669 g/mol. The first-order chi connectivity index (χ1) is 22.4. The molecule has 0 saturated heterocycles. The van der Waals surface area contributed by atoms with Crippen LogP contribution in [0.3, 0.4) is 0 Å². The maximum absolute atomic E-state index is 13.6. The highest BCUT2D eigenvalue weighted by Crippen LogP contribution is 2.77. The molecule has 2 unspecified atom stereocenters. The summed E-state index contributed by atoms with van der Waals surface area (Å²) in [7, 11) is 0. The van der Waals surface area contributed by atoms with Gasteiger partial charge in [0, 0.05) is 23.9 Å². The first-order valence-corrected chi connectivity index (χ1v) is 19.8. The van der Waals surface area contributed by atoms with Crippen molar-refractivity contribution in [3.63, 3.8) is 0 Å². The second-order valence-corrected chi connectivity index (χ2v) is 20.1. The molecule has 0 radical (unpaired) electrons. The van der Waals surface area contributed by atoms with Crippen molar-refractivity contribution in [3.8, 4) is 0 Å². The molecule has 7 nitrogen and oxygen atoms in total. The van der Waals surface area contributed by atoms with E-state index in [2.05, 4.69) is 39.9 Å². The molecule has 0 heterocycles. The van der Waals surface area contributed by atoms with Crippen LogP contribution in [-0.2, 0) is 19.1 Å². The number of hydrogen-bond donors (Lipinski definition) is 3. The number of amides is 1. The van der Waals surface area contributed by atoms with E-state index in [1.54, 1.807) is 0 Å². The van der Waals surface area contributed by atoms with Crippen LogP contribution in [-0.4, -0.2) is 41.1 Å². The van der Waals surface area contributed by atoms with Gasteiger partial charge in [-0.1, -0.05) is 54.9 Å². The molecule has 9 atom stereocenters. The van der Waals surface area contributed by atoms with Crippen LogP contribution < -0.4 is 11.1 Å². The van der Waals surface area contributed by atoms with Gasteiger partial charge in [0.25, 0.3) is 0 Å². The van der Waals surface area contributed by atoms with Crippen molar-refractivity contribution in [2.24, 2.45) is 61.9 Å². The lowest BCUT2D eigenvalue weighted by molar-refractivity contribution is -0.248. The molecule has 0 aromatic heterocycles. The van der Waals surface area contributed by atoms with E-state index in [1.807, 2.05) is 13.8 Å². The zero-order valence-corrected chi connectivity index (χ0v) is 31.4. The Bertz CT molecular complexity index is 1260. The zero-order valence-electron chi connectivity index (χ0n) is 31.4. The lowest BCUT2D eigenvalue weighted by Gasteiger charge is -2.72. The van der Waals surface area contributed by atoms with Crippen molar-refractivity contribution < 1.29 is 24.2 Å². The quantitative estimate of drug-likeness (QED) is 0.224. The molecule has 0 spiro atoms. The zero-order chi connectivity index (χ0) is 34.9. The van der Waals surface area contributed by atoms with E-state index in [1.165, 1.54) is 57.8 Å². The van der Waals surface area contributed by atoms with Crippen molar-refractivity contribution in [1.82, 2.24) is 5.32 Å². The number of carbonyl (C=O) groups is 3. The Morgan fingerprint density at radius 1 is 0.771 bits per heavy atom. The van der Waals surface area contributed by atoms with Gasteiger partial charge in [0.05, 0.1) is 12.8 Å². The van der Waals surface area contributed by atoms with E-state index in [4.69, 9.17) is 10.5 Å². The molecule has 6 aliphatic carbocycles. The summed E-state index contributed by atoms with van der Waals surface area (Å²) in [6.07, 6.45) is 17.9. The number of nitrogens with two attached hydrogens (primary N) is 1. The number of carbonyl (C=O) groups excluding carboxylic acids is 2. The Morgan fingerprint density at radius 2 is 1.48 bits per heavy atom. The van der Waals surface area contributed by atoms with Crippen LogP contribution >= 0.6 is 0 Å². The first kappa shape index (κ1) is 36.2. The van der Waals surface area contributed by atoms with Crippen molar-refractivity contribution in [3.05, 3.63) is 0 Å². The van der Waals surface area contributed by atoms with Gasteiger partial charge < -0.3 is 20.9 Å². The number of carboxylic acid groups (broad SMARTS) is 1. The van der Waals surface area contributed by atoms with Crippen molar-refractivity contribution in [2.75, 3.05) is 0 Å². The highest BCUT2D eigenvalue weighted by Gasteiger charge is 2.70. The average Bonchev–Trinajstić information content (AvgIpc) is 3.38. The number of nitrogens with one attached hydrogen (secondary N) is 1. The van der Waals surface area contributed by atoms with Crippen LogP contribution in [0.2, 0.25) is 0 Å². The summed E-state index contributed by atoms with van der Waals surface area (Å²) in [6, 6.07) is 0.605. The third-order valence-corrected chi connectivity index (χ3v) is 16.7. The standard InChI is InChI=1S/C41H68N2O5/c1-36(2,24-34(45)46)25-35(47)48-32-17-19-38(5)30(37(32,3)4)16-20-40(7)31(38)15-14-28-29-9-8-18-41(29,22-21-39(28,40)6)23-33(44)43-27-12-10-26(42)11-13-27/h26-32H,8-25,42H2,1-7H3,(H,43,44)(H,45,46)/t26?,27?,28-,29-,30?,31?,32+,38+,39-,40-,41-/m1/s1. The number of esters is 1. The number of aliphatic carboxylic acids is 1. The minimum Gasteiger partial charge on any atom is -0.481 e. The summed E-state index contributed by atoms with van der Waals surface area (Å²) in [4.78, 5) is 38.1. The smallest absolute Gasteiger partial charge is 0.306 e. The predicted octanol–water partition coefficient (Wildman–Crippen LogP) is 8.42. The van der Waals surface area contributed by atoms with Gasteiger partial charge in [-0.3, -0.25) is 14.4 Å². The lowest BCUT2D eigenvalue weighted by Crippen LogP contribution is -2.66. The summed E-state index contributed by atoms with van der Waals surface area (Å²) >= 11 is 0. The Labute approximate surface area is 291 Å². The number of ether oxygens (including phenoxy) is 1. The normalized spacial score (nSPS) is 45.1. The number of fused-ring (bicyclic) bond motifs is 7. The minimum absolute atomic E-state index is 0.0396. The molecule has 1 amide bonds. The van der Waals surface area contributed by atoms with E-state index in [0.717, 1.165) is 38.5 Å². The van der Waals surface area contributed by atoms with E-state index in [9.17, 15) is 19.5 Å². The molecule has 48 heavy (non-hydrogen) atoms. The molecular formula is C41H68N2O5. The largest absolute Gasteiger partial charge is 0.481 e. The van der Waals surface area contributed by atoms with Crippen molar-refractivity contribution in [1.29, 1.82) is 0 Å². The molecule has 6 rings (SSSR count). The fourth-order valence-corrected chi connectivity index (χ4v) is 14.1. The highest BCUT2D eigenvalue weighted by molar-refractivity contribution is 5.77. The maximum atomic E-state index is 13.6. The highest BCUT2D eigenvalue weighted by atomic mass is 16.5. The molecule has 0 aromatic rings. The molecular weight excluding hydrogens is 600 g/mol. The molecule has 6 saturated carbocycles. The molecule has 6 fully saturated rings. The van der Waals surface area contributed by atoms with Crippen LogP contribution in [0.15, 0.2) is 0 Å². The number of hydrogen-bond acceptors (Lipinski definition) is 5. The van der Waals surface area contributed by atoms with Crippen molar-refractivity contribution >= 4 is 17.8 Å². The number of rotatable bonds is 8. The van der Waals surface area contributed by atoms with E-state index >= 15 is 0 Å². The summed E-state index contributed by atoms with van der Waals surface area (Å²) < 4.78 is 6.26. The van der Waals surface area contributed by atoms with Crippen LogP contribution in [0.4, 0.5) is 0 Å². The van der Waals surface area contributed by atoms with Gasteiger partial charge in [-0.15, -0.1) is 0 Å². The van der Waals surface area contributed by atoms with E-state index in [-0.39, 0.29) is 52.0 Å². The second kappa shape index (κ2) is 12.5. The van der Waals surface area contributed by atoms with E-state index < -0.39 is 11.4 Å². The first-order valence-electron chi connectivity index (χ1n) is 19.8. The topological polar surface area (TPSA) is 119 Å². The number of carboxylic acids is 1. The second-order valence-electron chi connectivity index (χ2n) is 20.1. The summed E-state index contributed by atoms with van der Waals surface area (Å²) in [6.45, 7) is 16.3. The Kier molecular flexibility index (Phi) is 9.46. The molecule has 0 aliphatic heterocycles. The minimum atomic E-state index is -0.877. The molecule has 4 N–H and O–H groups in total. The summed E-state index contributed by atoms with van der Waals surface area (Å²) in [5.41, 5.74) is 6.30. The maximum Gasteiger partial charge on any atom is 0.306 e. The van der Waals surface area contributed by atoms with Gasteiger partial charge in [-0.2, -0.15) is 0 Å². The van der Waals surface area contributed by atoms with Crippen molar-refractivity contribution in [2.45, 2.75) is 182 Å². The molecule has 0 bridgehead atoms. The van der Waals surface area contributed by atoms with Crippen LogP contribution in [0.25, 0.3) is 0 Å². The fraction of sp³-hybridized carbons (Fsp3) is 0.927. The van der Waals surface area contributed by atoms with Crippen LogP contribution in [0.5, 0.6) is 0 Å². The third-order valence-electron chi connectivity index (χ3n) is 16.7. The van der Waals surface area contributed by atoms with Gasteiger partial charge in [0.15, 0.2) is 0 Å². The van der Waals surface area contributed by atoms with Gasteiger partial charge in [-0.05, 0) is 141 Å². The van der Waals surface area contributed by atoms with Gasteiger partial charge in [0.2, 0.25) is 5.91 Å². The molecule has 7 heteroatoms. The predicted molar refractivity (Wildman–Crippen MR) is 189 cm³/mol. The SMILES string of the molecule is CC(C)(CC(=O)O)CC(=O)O[C@H]1CC[C@@]2(C)C(CC[C@]3(C)C2CC[C@@H]2[C@H]4CCC[C@]4(CC(=O)NC4CCC(N)CC4)CC[C@]23C)C1(C)C. The Morgan fingerprint density at radius 3 is 2.17 bits per heavy atom. The van der Waals surface area contributed by atoms with Crippen LogP contribution in [0.1, 0.15) is 164 Å². The fourth-order valence-electron chi connectivity index (χ4n) is 14.1. The third kappa shape index (κ3) is 6.06. The van der Waals surface area contributed by atoms with Gasteiger partial charge in [-0.25, -0.2) is 0 Å². The van der Waals surface area contributed by atoms with Gasteiger partial charge >= 0.3 is 11.9 Å². The summed E-state index contributed by atoms with van der Waals surface area (Å²) in [5.74, 6) is 1.63. The Balaban J connectivity index is 1.16. The molecule has 6 aliphatic rings. The molecule has 0 aromatic carbocycles. The lowest BCUT2D eigenvalue weighted by atomic mass is 9.32. The summed E-state index contributed by atoms with van der Waals surface area (Å²) in [5, 5.41) is 12.8. The van der Waals surface area contributed by atoms with E-state index in [0.29, 0.717) is 48.1 Å². The monoisotopic (exact) mass is 669 g/mol. The molecule has 272 valence electrons. The van der Waals surface area contributed by atoms with Crippen LogP contribution in [0, 0.1) is 56.2 Å². The van der Waals surface area contributed by atoms with Gasteiger partial charge in [0.1, 0.15) is 6.10 Å². The Hall–Kier alpha value is -1.63.